The molecule has 0 aromatic carbocycles. The standard InChI is InChI=1S/C13H17N3O/c14-8-5-10-3-1-6-13-7-2-4-12(11(13)9-15)17-16(10)13/h10-12H,1-7H2/t10-,11+,12-,13+/m1/s1. The maximum atomic E-state index is 9.40. The van der Waals surface area contributed by atoms with Gasteiger partial charge in [0.2, 0.25) is 0 Å². The number of piperidine rings is 1. The molecule has 2 aliphatic heterocycles. The maximum absolute atomic E-state index is 9.40. The van der Waals surface area contributed by atoms with Crippen molar-refractivity contribution in [1.82, 2.24) is 5.06 Å². The van der Waals surface area contributed by atoms with Crippen molar-refractivity contribution in [1.29, 1.82) is 10.5 Å². The van der Waals surface area contributed by atoms with E-state index in [9.17, 15) is 5.26 Å². The Morgan fingerprint density at radius 2 is 2.00 bits per heavy atom. The molecule has 3 aliphatic rings. The molecular weight excluding hydrogens is 214 g/mol. The summed E-state index contributed by atoms with van der Waals surface area (Å²) in [5.74, 6) is 0.0118. The summed E-state index contributed by atoms with van der Waals surface area (Å²) >= 11 is 0. The highest BCUT2D eigenvalue weighted by atomic mass is 16.7. The van der Waals surface area contributed by atoms with Crippen LogP contribution in [0.4, 0.5) is 0 Å². The van der Waals surface area contributed by atoms with E-state index >= 15 is 0 Å². The minimum atomic E-state index is -0.0720. The molecule has 0 aromatic rings. The van der Waals surface area contributed by atoms with Gasteiger partial charge in [-0.1, -0.05) is 0 Å². The lowest BCUT2D eigenvalue weighted by molar-refractivity contribution is -0.220. The molecule has 2 saturated heterocycles. The molecule has 4 atom stereocenters. The molecule has 17 heavy (non-hydrogen) atoms. The van der Waals surface area contributed by atoms with Gasteiger partial charge in [-0.15, -0.1) is 0 Å². The van der Waals surface area contributed by atoms with Gasteiger partial charge in [0, 0.05) is 6.04 Å². The summed E-state index contributed by atoms with van der Waals surface area (Å²) in [5, 5.41) is 20.4. The van der Waals surface area contributed by atoms with Gasteiger partial charge in [0.1, 0.15) is 0 Å². The molecule has 0 aromatic heterocycles. The minimum Gasteiger partial charge on any atom is -0.293 e. The first-order valence-corrected chi connectivity index (χ1v) is 6.54. The van der Waals surface area contributed by atoms with Crippen LogP contribution in [0.25, 0.3) is 0 Å². The van der Waals surface area contributed by atoms with Crippen molar-refractivity contribution in [2.24, 2.45) is 5.92 Å². The third-order valence-corrected chi connectivity index (χ3v) is 4.68. The van der Waals surface area contributed by atoms with Crippen LogP contribution in [0.2, 0.25) is 0 Å². The summed E-state index contributed by atoms with van der Waals surface area (Å²) in [6.45, 7) is 0. The number of nitriles is 2. The molecule has 1 spiro atoms. The SMILES string of the molecule is N#CC[C@H]1CCC[C@@]23CCC[C@@H](ON12)[C@@H]3C#N. The molecule has 2 heterocycles. The van der Waals surface area contributed by atoms with Gasteiger partial charge in [-0.25, -0.2) is 0 Å². The van der Waals surface area contributed by atoms with Crippen LogP contribution < -0.4 is 0 Å². The first-order chi connectivity index (χ1) is 8.31. The monoisotopic (exact) mass is 231 g/mol. The summed E-state index contributed by atoms with van der Waals surface area (Å²) in [6, 6.07) is 4.93. The highest BCUT2D eigenvalue weighted by molar-refractivity contribution is 5.15. The number of hydroxylamine groups is 2. The molecule has 0 amide bonds. The van der Waals surface area contributed by atoms with Gasteiger partial charge in [0.25, 0.3) is 0 Å². The third kappa shape index (κ3) is 1.41. The molecular formula is C13H17N3O. The predicted molar refractivity (Wildman–Crippen MR) is 60.3 cm³/mol. The van der Waals surface area contributed by atoms with Gasteiger partial charge >= 0.3 is 0 Å². The summed E-state index contributed by atoms with van der Waals surface area (Å²) in [7, 11) is 0. The molecule has 0 radical (unpaired) electrons. The van der Waals surface area contributed by atoms with E-state index in [1.165, 1.54) is 0 Å². The van der Waals surface area contributed by atoms with Crippen molar-refractivity contribution in [2.75, 3.05) is 0 Å². The predicted octanol–water partition coefficient (Wildman–Crippen LogP) is 2.13. The van der Waals surface area contributed by atoms with Crippen LogP contribution in [-0.2, 0) is 4.84 Å². The largest absolute Gasteiger partial charge is 0.293 e. The summed E-state index contributed by atoms with van der Waals surface area (Å²) < 4.78 is 0. The Labute approximate surface area is 102 Å². The Kier molecular flexibility index (Phi) is 2.58. The highest BCUT2D eigenvalue weighted by Gasteiger charge is 2.60. The fourth-order valence-electron chi connectivity index (χ4n) is 3.98. The fourth-order valence-corrected chi connectivity index (χ4v) is 3.98. The van der Waals surface area contributed by atoms with Gasteiger partial charge in [-0.3, -0.25) is 4.84 Å². The molecule has 3 fully saturated rings. The summed E-state index contributed by atoms with van der Waals surface area (Å²) in [4.78, 5) is 6.01. The molecule has 90 valence electrons. The van der Waals surface area contributed by atoms with E-state index in [2.05, 4.69) is 17.2 Å². The summed E-state index contributed by atoms with van der Waals surface area (Å²) in [5.41, 5.74) is -0.0720. The van der Waals surface area contributed by atoms with E-state index in [-0.39, 0.29) is 23.6 Å². The van der Waals surface area contributed by atoms with Crippen LogP contribution in [0, 0.1) is 28.6 Å². The van der Waals surface area contributed by atoms with E-state index in [0.717, 1.165) is 38.5 Å². The molecule has 1 saturated carbocycles. The van der Waals surface area contributed by atoms with Crippen LogP contribution in [0.5, 0.6) is 0 Å². The number of rotatable bonds is 1. The van der Waals surface area contributed by atoms with E-state index < -0.39 is 0 Å². The molecule has 0 N–H and O–H groups in total. The second kappa shape index (κ2) is 3.98. The van der Waals surface area contributed by atoms with Crippen molar-refractivity contribution in [2.45, 2.75) is 62.6 Å². The average Bonchev–Trinajstić information content (AvgIpc) is 2.51. The number of hydrogen-bond donors (Lipinski definition) is 0. The third-order valence-electron chi connectivity index (χ3n) is 4.68. The lowest BCUT2D eigenvalue weighted by Gasteiger charge is -2.46. The van der Waals surface area contributed by atoms with Crippen molar-refractivity contribution >= 4 is 0 Å². The van der Waals surface area contributed by atoms with E-state index in [0.29, 0.717) is 6.42 Å². The highest BCUT2D eigenvalue weighted by Crippen LogP contribution is 2.53. The fraction of sp³-hybridized carbons (Fsp3) is 0.846. The first kappa shape index (κ1) is 11.0. The number of hydrogen-bond acceptors (Lipinski definition) is 4. The average molecular weight is 231 g/mol. The van der Waals surface area contributed by atoms with Gasteiger partial charge in [0.05, 0.1) is 36.1 Å². The number of nitrogens with zero attached hydrogens (tertiary/aromatic N) is 3. The zero-order valence-electron chi connectivity index (χ0n) is 9.93. The van der Waals surface area contributed by atoms with Crippen LogP contribution >= 0.6 is 0 Å². The van der Waals surface area contributed by atoms with Crippen LogP contribution in [0.15, 0.2) is 0 Å². The van der Waals surface area contributed by atoms with Gasteiger partial charge in [-0.05, 0) is 38.5 Å². The summed E-state index contributed by atoms with van der Waals surface area (Å²) in [6.07, 6.45) is 7.01. The normalized spacial score (nSPS) is 44.7. The van der Waals surface area contributed by atoms with Crippen LogP contribution in [-0.4, -0.2) is 22.7 Å². The Morgan fingerprint density at radius 1 is 1.24 bits per heavy atom. The zero-order chi connectivity index (χ0) is 11.9. The molecule has 3 rings (SSSR count). The first-order valence-electron chi connectivity index (χ1n) is 6.54. The van der Waals surface area contributed by atoms with Crippen molar-refractivity contribution < 1.29 is 4.84 Å². The van der Waals surface area contributed by atoms with Gasteiger partial charge < -0.3 is 0 Å². The quantitative estimate of drug-likeness (QED) is 0.693. The maximum Gasteiger partial charge on any atom is 0.0970 e. The molecule has 4 heteroatoms. The van der Waals surface area contributed by atoms with Crippen molar-refractivity contribution in [3.63, 3.8) is 0 Å². The Hall–Kier alpha value is -1.10. The Balaban J connectivity index is 1.94. The van der Waals surface area contributed by atoms with Crippen molar-refractivity contribution in [3.8, 4) is 12.1 Å². The minimum absolute atomic E-state index is 0.0118. The van der Waals surface area contributed by atoms with E-state index in [1.54, 1.807) is 0 Å². The number of fused-ring (bicyclic) bond motifs is 1. The molecule has 1 aliphatic carbocycles. The molecule has 0 unspecified atom stereocenters. The molecule has 2 bridgehead atoms. The zero-order valence-corrected chi connectivity index (χ0v) is 9.93. The molecule has 4 nitrogen and oxygen atoms in total. The smallest absolute Gasteiger partial charge is 0.0970 e. The van der Waals surface area contributed by atoms with Gasteiger partial charge in [-0.2, -0.15) is 15.6 Å². The second-order valence-electron chi connectivity index (χ2n) is 5.48. The topological polar surface area (TPSA) is 60.0 Å². The lowest BCUT2D eigenvalue weighted by atomic mass is 9.68. The lowest BCUT2D eigenvalue weighted by Crippen LogP contribution is -2.55. The van der Waals surface area contributed by atoms with Gasteiger partial charge in [0.15, 0.2) is 0 Å². The Bertz CT molecular complexity index is 392. The van der Waals surface area contributed by atoms with Crippen LogP contribution in [0.1, 0.15) is 44.9 Å². The van der Waals surface area contributed by atoms with E-state index in [4.69, 9.17) is 10.1 Å². The second-order valence-corrected chi connectivity index (χ2v) is 5.48. The van der Waals surface area contributed by atoms with Crippen LogP contribution in [0.3, 0.4) is 0 Å². The Morgan fingerprint density at radius 3 is 2.71 bits per heavy atom. The van der Waals surface area contributed by atoms with Crippen molar-refractivity contribution in [3.05, 3.63) is 0 Å². The van der Waals surface area contributed by atoms with E-state index in [1.807, 2.05) is 0 Å².